The number of carbonyl (C=O) groups is 1. The van der Waals surface area contributed by atoms with E-state index in [0.29, 0.717) is 16.4 Å². The van der Waals surface area contributed by atoms with Crippen molar-refractivity contribution in [3.05, 3.63) is 87.8 Å². The van der Waals surface area contributed by atoms with Crippen LogP contribution in [0.1, 0.15) is 10.5 Å². The zero-order chi connectivity index (χ0) is 16.2. The fourth-order valence-electron chi connectivity index (χ4n) is 2.01. The predicted octanol–water partition coefficient (Wildman–Crippen LogP) is 3.14. The van der Waals surface area contributed by atoms with E-state index in [9.17, 15) is 9.59 Å². The molecule has 0 aliphatic heterocycles. The van der Waals surface area contributed by atoms with Gasteiger partial charge in [0, 0.05) is 16.8 Å². The molecule has 0 aliphatic rings. The van der Waals surface area contributed by atoms with Crippen LogP contribution < -0.4 is 10.9 Å². The zero-order valence-electron chi connectivity index (χ0n) is 11.9. The molecule has 1 aromatic heterocycles. The third-order valence-corrected chi connectivity index (χ3v) is 3.39. The van der Waals surface area contributed by atoms with Crippen molar-refractivity contribution < 1.29 is 4.79 Å². The van der Waals surface area contributed by atoms with Crippen molar-refractivity contribution in [1.29, 1.82) is 0 Å². The van der Waals surface area contributed by atoms with Crippen LogP contribution in [0.5, 0.6) is 0 Å². The normalized spacial score (nSPS) is 10.3. The summed E-state index contributed by atoms with van der Waals surface area (Å²) >= 11 is 5.81. The Kier molecular flexibility index (Phi) is 4.21. The van der Waals surface area contributed by atoms with Crippen molar-refractivity contribution in [2.75, 3.05) is 5.32 Å². The van der Waals surface area contributed by atoms with Gasteiger partial charge in [-0.1, -0.05) is 29.8 Å². The summed E-state index contributed by atoms with van der Waals surface area (Å²) in [5.41, 5.74) is 1.03. The smallest absolute Gasteiger partial charge is 0.276 e. The number of nitrogens with one attached hydrogen (secondary N) is 1. The maximum Gasteiger partial charge on any atom is 0.276 e. The molecule has 3 rings (SSSR count). The highest BCUT2D eigenvalue weighted by Gasteiger charge is 2.11. The van der Waals surface area contributed by atoms with Crippen molar-refractivity contribution in [1.82, 2.24) is 9.78 Å². The van der Waals surface area contributed by atoms with Crippen molar-refractivity contribution in [3.8, 4) is 5.69 Å². The minimum absolute atomic E-state index is 0.142. The molecule has 0 aliphatic carbocycles. The van der Waals surface area contributed by atoms with E-state index in [-0.39, 0.29) is 11.3 Å². The van der Waals surface area contributed by atoms with Crippen molar-refractivity contribution in [2.45, 2.75) is 0 Å². The summed E-state index contributed by atoms with van der Waals surface area (Å²) in [5, 5.41) is 7.41. The molecule has 114 valence electrons. The van der Waals surface area contributed by atoms with E-state index in [0.717, 1.165) is 0 Å². The lowest BCUT2D eigenvalue weighted by molar-refractivity contribution is 0.102. The van der Waals surface area contributed by atoms with E-state index in [1.807, 2.05) is 6.07 Å². The first kappa shape index (κ1) is 15.0. The lowest BCUT2D eigenvalue weighted by atomic mass is 10.3. The highest BCUT2D eigenvalue weighted by molar-refractivity contribution is 6.30. The molecule has 6 heteroatoms. The molecular weight excluding hydrogens is 314 g/mol. The third kappa shape index (κ3) is 3.46. The number of halogens is 1. The van der Waals surface area contributed by atoms with Crippen LogP contribution in [-0.4, -0.2) is 15.7 Å². The largest absolute Gasteiger partial charge is 0.321 e. The molecule has 1 N–H and O–H groups in total. The summed E-state index contributed by atoms with van der Waals surface area (Å²) in [6, 6.07) is 18.4. The molecule has 2 aromatic carbocycles. The summed E-state index contributed by atoms with van der Waals surface area (Å²) in [6.45, 7) is 0. The second-order valence-corrected chi connectivity index (χ2v) is 5.20. The number of para-hydroxylation sites is 1. The Morgan fingerprint density at radius 2 is 1.65 bits per heavy atom. The lowest BCUT2D eigenvalue weighted by Crippen LogP contribution is -2.24. The van der Waals surface area contributed by atoms with Gasteiger partial charge < -0.3 is 5.32 Å². The molecule has 3 aromatic rings. The van der Waals surface area contributed by atoms with E-state index in [1.165, 1.54) is 16.8 Å². The molecule has 0 fully saturated rings. The van der Waals surface area contributed by atoms with Crippen LogP contribution in [0.3, 0.4) is 0 Å². The van der Waals surface area contributed by atoms with Crippen molar-refractivity contribution >= 4 is 23.2 Å². The van der Waals surface area contributed by atoms with Crippen LogP contribution in [0.25, 0.3) is 5.69 Å². The quantitative estimate of drug-likeness (QED) is 0.804. The number of anilines is 1. The summed E-state index contributed by atoms with van der Waals surface area (Å²) in [5.74, 6) is -0.406. The zero-order valence-corrected chi connectivity index (χ0v) is 12.7. The van der Waals surface area contributed by atoms with E-state index < -0.39 is 5.91 Å². The number of hydrogen-bond donors (Lipinski definition) is 1. The van der Waals surface area contributed by atoms with Gasteiger partial charge in [-0.3, -0.25) is 9.59 Å². The molecule has 0 unspecified atom stereocenters. The molecular formula is C17H12ClN3O2. The number of aromatic nitrogens is 2. The van der Waals surface area contributed by atoms with Crippen LogP contribution in [-0.2, 0) is 0 Å². The van der Waals surface area contributed by atoms with Crippen molar-refractivity contribution in [3.63, 3.8) is 0 Å². The second-order valence-electron chi connectivity index (χ2n) is 4.77. The first-order valence-electron chi connectivity index (χ1n) is 6.86. The van der Waals surface area contributed by atoms with Gasteiger partial charge in [-0.25, -0.2) is 0 Å². The lowest BCUT2D eigenvalue weighted by Gasteiger charge is -2.08. The SMILES string of the molecule is O=C(Nc1ccc(Cl)cc1)c1ccc(=O)n(-c2ccccc2)n1. The Balaban J connectivity index is 1.90. The number of nitrogens with zero attached hydrogens (tertiary/aromatic N) is 2. The molecule has 0 atom stereocenters. The molecule has 0 saturated carbocycles. The Morgan fingerprint density at radius 1 is 0.957 bits per heavy atom. The van der Waals surface area contributed by atoms with Crippen LogP contribution in [0, 0.1) is 0 Å². The van der Waals surface area contributed by atoms with Gasteiger partial charge in [-0.15, -0.1) is 0 Å². The maximum atomic E-state index is 12.3. The number of rotatable bonds is 3. The average molecular weight is 326 g/mol. The van der Waals surface area contributed by atoms with Gasteiger partial charge in [0.15, 0.2) is 0 Å². The second kappa shape index (κ2) is 6.46. The van der Waals surface area contributed by atoms with Crippen molar-refractivity contribution in [2.24, 2.45) is 0 Å². The fourth-order valence-corrected chi connectivity index (χ4v) is 2.14. The van der Waals surface area contributed by atoms with Gasteiger partial charge >= 0.3 is 0 Å². The molecule has 0 saturated heterocycles. The minimum Gasteiger partial charge on any atom is -0.321 e. The standard InChI is InChI=1S/C17H12ClN3O2/c18-12-6-8-13(9-7-12)19-17(23)15-10-11-16(22)21(20-15)14-4-2-1-3-5-14/h1-11H,(H,19,23). The minimum atomic E-state index is -0.406. The third-order valence-electron chi connectivity index (χ3n) is 3.14. The molecule has 1 heterocycles. The van der Waals surface area contributed by atoms with Gasteiger partial charge in [0.2, 0.25) is 0 Å². The van der Waals surface area contributed by atoms with Gasteiger partial charge in [-0.2, -0.15) is 9.78 Å². The highest BCUT2D eigenvalue weighted by Crippen LogP contribution is 2.14. The van der Waals surface area contributed by atoms with E-state index in [4.69, 9.17) is 11.6 Å². The monoisotopic (exact) mass is 325 g/mol. The molecule has 23 heavy (non-hydrogen) atoms. The first-order valence-corrected chi connectivity index (χ1v) is 7.24. The van der Waals surface area contributed by atoms with Crippen LogP contribution >= 0.6 is 11.6 Å². The summed E-state index contributed by atoms with van der Waals surface area (Å²) in [7, 11) is 0. The van der Waals surface area contributed by atoms with Crippen LogP contribution in [0.4, 0.5) is 5.69 Å². The predicted molar refractivity (Wildman–Crippen MR) is 89.2 cm³/mol. The van der Waals surface area contributed by atoms with E-state index in [1.54, 1.807) is 48.5 Å². The van der Waals surface area contributed by atoms with E-state index >= 15 is 0 Å². The molecule has 5 nitrogen and oxygen atoms in total. The maximum absolute atomic E-state index is 12.3. The van der Waals surface area contributed by atoms with Crippen LogP contribution in [0.2, 0.25) is 5.02 Å². The van der Waals surface area contributed by atoms with E-state index in [2.05, 4.69) is 10.4 Å². The topological polar surface area (TPSA) is 64.0 Å². The summed E-state index contributed by atoms with van der Waals surface area (Å²) < 4.78 is 1.19. The Bertz CT molecular complexity index is 890. The van der Waals surface area contributed by atoms with Gasteiger partial charge in [0.25, 0.3) is 11.5 Å². The molecule has 0 bridgehead atoms. The Morgan fingerprint density at radius 3 is 2.35 bits per heavy atom. The van der Waals surface area contributed by atoms with Gasteiger partial charge in [-0.05, 0) is 42.5 Å². The first-order chi connectivity index (χ1) is 11.1. The number of carbonyl (C=O) groups excluding carboxylic acids is 1. The average Bonchev–Trinajstić information content (AvgIpc) is 2.58. The number of amides is 1. The number of benzene rings is 2. The summed E-state index contributed by atoms with van der Waals surface area (Å²) in [6.07, 6.45) is 0. The molecule has 0 spiro atoms. The fraction of sp³-hybridized carbons (Fsp3) is 0. The Labute approximate surface area is 137 Å². The Hall–Kier alpha value is -2.92. The van der Waals surface area contributed by atoms with Crippen LogP contribution in [0.15, 0.2) is 71.5 Å². The van der Waals surface area contributed by atoms with Gasteiger partial charge in [0.05, 0.1) is 5.69 Å². The molecule has 1 amide bonds. The van der Waals surface area contributed by atoms with Gasteiger partial charge in [0.1, 0.15) is 5.69 Å². The molecule has 0 radical (unpaired) electrons. The number of hydrogen-bond acceptors (Lipinski definition) is 3. The summed E-state index contributed by atoms with van der Waals surface area (Å²) in [4.78, 5) is 24.2. The highest BCUT2D eigenvalue weighted by atomic mass is 35.5.